The van der Waals surface area contributed by atoms with Crippen molar-refractivity contribution in [2.75, 3.05) is 13.2 Å². The van der Waals surface area contributed by atoms with Crippen LogP contribution in [0.3, 0.4) is 0 Å². The summed E-state index contributed by atoms with van der Waals surface area (Å²) in [5, 5.41) is 5.46. The van der Waals surface area contributed by atoms with E-state index in [1.54, 1.807) is 0 Å². The van der Waals surface area contributed by atoms with Gasteiger partial charge in [0.05, 0.1) is 24.9 Å². The molecule has 5 nitrogen and oxygen atoms in total. The summed E-state index contributed by atoms with van der Waals surface area (Å²) in [5.74, 6) is -0.0223. The average molecular weight is 458 g/mol. The van der Waals surface area contributed by atoms with Crippen molar-refractivity contribution >= 4 is 17.5 Å². The number of ether oxygens (including phenoxy) is 1. The summed E-state index contributed by atoms with van der Waals surface area (Å²) in [5.41, 5.74) is 4.47. The van der Waals surface area contributed by atoms with Gasteiger partial charge in [0.1, 0.15) is 5.69 Å². The van der Waals surface area contributed by atoms with Crippen molar-refractivity contribution in [1.82, 2.24) is 14.7 Å². The number of nitrogens with zero attached hydrogens (tertiary/aromatic N) is 3. The van der Waals surface area contributed by atoms with Crippen molar-refractivity contribution in [2.24, 2.45) is 0 Å². The third-order valence-electron chi connectivity index (χ3n) is 5.80. The number of hydrogen-bond acceptors (Lipinski definition) is 3. The molecule has 3 aromatic carbocycles. The number of carbonyl (C=O) groups is 1. The van der Waals surface area contributed by atoms with Gasteiger partial charge in [0.25, 0.3) is 5.91 Å². The van der Waals surface area contributed by atoms with E-state index < -0.39 is 0 Å². The van der Waals surface area contributed by atoms with E-state index in [0.29, 0.717) is 37.0 Å². The number of carbonyl (C=O) groups excluding carboxylic acids is 1. The smallest absolute Gasteiger partial charge is 0.272 e. The summed E-state index contributed by atoms with van der Waals surface area (Å²) in [7, 11) is 0. The summed E-state index contributed by atoms with van der Waals surface area (Å²) >= 11 is 6.05. The van der Waals surface area contributed by atoms with E-state index in [9.17, 15) is 4.79 Å². The minimum atomic E-state index is -0.0776. The lowest BCUT2D eigenvalue weighted by atomic mass is 10.1. The molecule has 0 N–H and O–H groups in total. The summed E-state index contributed by atoms with van der Waals surface area (Å²) in [6, 6.07) is 29.4. The lowest BCUT2D eigenvalue weighted by Gasteiger charge is -2.33. The van der Waals surface area contributed by atoms with Gasteiger partial charge >= 0.3 is 0 Å². The molecule has 0 fully saturated rings. The van der Waals surface area contributed by atoms with Crippen LogP contribution in [0.4, 0.5) is 0 Å². The van der Waals surface area contributed by atoms with Crippen LogP contribution in [-0.2, 0) is 17.9 Å². The Morgan fingerprint density at radius 1 is 0.909 bits per heavy atom. The first-order valence-corrected chi connectivity index (χ1v) is 11.4. The molecule has 1 aromatic heterocycles. The summed E-state index contributed by atoms with van der Waals surface area (Å²) in [6.45, 7) is 2.07. The van der Waals surface area contributed by atoms with E-state index in [1.165, 1.54) is 0 Å². The maximum absolute atomic E-state index is 13.4. The molecule has 33 heavy (non-hydrogen) atoms. The first-order chi connectivity index (χ1) is 16.2. The fraction of sp³-hybridized carbons (Fsp3) is 0.185. The van der Waals surface area contributed by atoms with Gasteiger partial charge < -0.3 is 9.64 Å². The highest BCUT2D eigenvalue weighted by Crippen LogP contribution is 2.28. The first-order valence-electron chi connectivity index (χ1n) is 11.0. The van der Waals surface area contributed by atoms with Crippen LogP contribution in [0.1, 0.15) is 27.7 Å². The molecule has 2 heterocycles. The number of rotatable bonds is 7. The Labute approximate surface area is 198 Å². The number of benzene rings is 3. The molecule has 1 amide bonds. The second-order valence-electron chi connectivity index (χ2n) is 8.19. The van der Waals surface area contributed by atoms with Gasteiger partial charge in [-0.3, -0.25) is 9.48 Å². The standard InChI is InChI=1S/C27H24ClN3O2/c28-23-13-11-22(12-14-23)25-15-26-27(32)30(16-20-7-3-1-4-8-20)17-24(31(26)29-25)19-33-18-21-9-5-2-6-10-21/h1-15,24H,16-19H2. The van der Waals surface area contributed by atoms with E-state index in [0.717, 1.165) is 22.4 Å². The summed E-state index contributed by atoms with van der Waals surface area (Å²) < 4.78 is 7.90. The molecule has 166 valence electrons. The van der Waals surface area contributed by atoms with Gasteiger partial charge in [0, 0.05) is 23.7 Å². The topological polar surface area (TPSA) is 47.4 Å². The largest absolute Gasteiger partial charge is 0.374 e. The fourth-order valence-corrected chi connectivity index (χ4v) is 4.25. The van der Waals surface area contributed by atoms with E-state index in [4.69, 9.17) is 21.4 Å². The van der Waals surface area contributed by atoms with Crippen molar-refractivity contribution in [2.45, 2.75) is 19.2 Å². The Balaban J connectivity index is 1.41. The minimum Gasteiger partial charge on any atom is -0.374 e. The zero-order valence-corrected chi connectivity index (χ0v) is 18.9. The molecule has 1 unspecified atom stereocenters. The van der Waals surface area contributed by atoms with E-state index in [1.807, 2.05) is 101 Å². The molecule has 6 heteroatoms. The van der Waals surface area contributed by atoms with Crippen LogP contribution in [0.25, 0.3) is 11.3 Å². The molecule has 0 aliphatic carbocycles. The zero-order valence-electron chi connectivity index (χ0n) is 18.1. The molecule has 0 saturated heterocycles. The van der Waals surface area contributed by atoms with Crippen molar-refractivity contribution in [3.8, 4) is 11.3 Å². The quantitative estimate of drug-likeness (QED) is 0.362. The van der Waals surface area contributed by atoms with E-state index >= 15 is 0 Å². The van der Waals surface area contributed by atoms with Crippen LogP contribution >= 0.6 is 11.6 Å². The van der Waals surface area contributed by atoms with E-state index in [2.05, 4.69) is 0 Å². The van der Waals surface area contributed by atoms with Crippen LogP contribution in [0.2, 0.25) is 5.02 Å². The Morgan fingerprint density at radius 2 is 1.58 bits per heavy atom. The Kier molecular flexibility index (Phi) is 6.24. The summed E-state index contributed by atoms with van der Waals surface area (Å²) in [4.78, 5) is 15.2. The van der Waals surface area contributed by atoms with Gasteiger partial charge in [-0.1, -0.05) is 84.4 Å². The predicted molar refractivity (Wildman–Crippen MR) is 129 cm³/mol. The second-order valence-corrected chi connectivity index (χ2v) is 8.63. The van der Waals surface area contributed by atoms with Crippen LogP contribution in [0.5, 0.6) is 0 Å². The SMILES string of the molecule is O=C1c2cc(-c3ccc(Cl)cc3)nn2C(COCc2ccccc2)CN1Cc1ccccc1. The molecule has 1 aliphatic heterocycles. The number of aromatic nitrogens is 2. The molecule has 0 bridgehead atoms. The molecule has 0 spiro atoms. The van der Waals surface area contributed by atoms with Gasteiger partial charge in [-0.15, -0.1) is 0 Å². The number of halogens is 1. The van der Waals surface area contributed by atoms with Gasteiger partial charge in [-0.25, -0.2) is 0 Å². The highest BCUT2D eigenvalue weighted by Gasteiger charge is 2.33. The van der Waals surface area contributed by atoms with Crippen molar-refractivity contribution in [3.63, 3.8) is 0 Å². The number of hydrogen-bond donors (Lipinski definition) is 0. The zero-order chi connectivity index (χ0) is 22.6. The lowest BCUT2D eigenvalue weighted by molar-refractivity contribution is 0.0431. The van der Waals surface area contributed by atoms with Crippen LogP contribution in [-0.4, -0.2) is 33.7 Å². The second kappa shape index (κ2) is 9.61. The molecular formula is C27H24ClN3O2. The normalized spacial score (nSPS) is 15.5. The molecule has 4 aromatic rings. The van der Waals surface area contributed by atoms with Crippen LogP contribution in [0, 0.1) is 0 Å². The molecular weight excluding hydrogens is 434 g/mol. The minimum absolute atomic E-state index is 0.0223. The van der Waals surface area contributed by atoms with Gasteiger partial charge in [0.2, 0.25) is 0 Å². The van der Waals surface area contributed by atoms with Gasteiger partial charge in [0.15, 0.2) is 0 Å². The van der Waals surface area contributed by atoms with E-state index in [-0.39, 0.29) is 11.9 Å². The molecule has 0 radical (unpaired) electrons. The highest BCUT2D eigenvalue weighted by molar-refractivity contribution is 6.30. The number of amides is 1. The monoisotopic (exact) mass is 457 g/mol. The van der Waals surface area contributed by atoms with Crippen molar-refractivity contribution < 1.29 is 9.53 Å². The Hall–Kier alpha value is -3.41. The molecule has 5 rings (SSSR count). The highest BCUT2D eigenvalue weighted by atomic mass is 35.5. The third-order valence-corrected chi connectivity index (χ3v) is 6.05. The number of fused-ring (bicyclic) bond motifs is 1. The predicted octanol–water partition coefficient (Wildman–Crippen LogP) is 5.62. The van der Waals surface area contributed by atoms with Crippen LogP contribution in [0.15, 0.2) is 91.0 Å². The van der Waals surface area contributed by atoms with Crippen molar-refractivity contribution in [1.29, 1.82) is 0 Å². The summed E-state index contributed by atoms with van der Waals surface area (Å²) in [6.07, 6.45) is 0. The molecule has 1 aliphatic rings. The average Bonchev–Trinajstić information content (AvgIpc) is 3.30. The van der Waals surface area contributed by atoms with Crippen molar-refractivity contribution in [3.05, 3.63) is 113 Å². The van der Waals surface area contributed by atoms with Gasteiger partial charge in [-0.05, 0) is 29.3 Å². The fourth-order valence-electron chi connectivity index (χ4n) is 4.12. The van der Waals surface area contributed by atoms with Crippen LogP contribution < -0.4 is 0 Å². The lowest BCUT2D eigenvalue weighted by Crippen LogP contribution is -2.44. The third kappa shape index (κ3) is 4.85. The Morgan fingerprint density at radius 3 is 2.27 bits per heavy atom. The van der Waals surface area contributed by atoms with Gasteiger partial charge in [-0.2, -0.15) is 5.10 Å². The Bertz CT molecular complexity index is 1220. The molecule has 0 saturated carbocycles. The maximum atomic E-state index is 13.4. The maximum Gasteiger partial charge on any atom is 0.272 e. The molecule has 1 atom stereocenters. The first kappa shape index (κ1) is 21.4.